The van der Waals surface area contributed by atoms with E-state index < -0.39 is 0 Å². The maximum atomic E-state index is 11.3. The largest absolute Gasteiger partial charge is 0.290 e. The van der Waals surface area contributed by atoms with Crippen molar-refractivity contribution in [1.29, 1.82) is 0 Å². The molecule has 0 saturated carbocycles. The second-order valence-corrected chi connectivity index (χ2v) is 2.97. The summed E-state index contributed by atoms with van der Waals surface area (Å²) in [6, 6.07) is 0. The van der Waals surface area contributed by atoms with Crippen LogP contribution >= 0.6 is 0 Å². The van der Waals surface area contributed by atoms with Crippen molar-refractivity contribution in [3.8, 4) is 0 Å². The van der Waals surface area contributed by atoms with Gasteiger partial charge in [-0.3, -0.25) is 10.2 Å². The molecule has 0 aromatic carbocycles. The fourth-order valence-electron chi connectivity index (χ4n) is 1.47. The number of hydrogen-bond donors (Lipinski definition) is 2. The lowest BCUT2D eigenvalue weighted by atomic mass is 9.89. The molecule has 1 atom stereocenters. The molecule has 0 saturated heterocycles. The van der Waals surface area contributed by atoms with Crippen LogP contribution in [-0.4, -0.2) is 5.91 Å². The molecule has 1 rings (SSSR count). The van der Waals surface area contributed by atoms with Crippen LogP contribution in [0.4, 0.5) is 0 Å². The van der Waals surface area contributed by atoms with Gasteiger partial charge in [-0.15, -0.1) is 0 Å². The maximum absolute atomic E-state index is 11.3. The second kappa shape index (κ2) is 4.05. The van der Waals surface area contributed by atoms with E-state index in [9.17, 15) is 4.79 Å². The van der Waals surface area contributed by atoms with Crippen molar-refractivity contribution in [2.75, 3.05) is 0 Å². The number of hydrazine groups is 1. The summed E-state index contributed by atoms with van der Waals surface area (Å²) in [5, 5.41) is 0. The Bertz CT molecular complexity index is 300. The smallest absolute Gasteiger partial charge is 0.265 e. The zero-order valence-corrected chi connectivity index (χ0v) is 7.87. The molecule has 0 aromatic rings. The number of nitrogens with one attached hydrogen (secondary N) is 1. The Hall–Kier alpha value is -1.35. The molecule has 13 heavy (non-hydrogen) atoms. The summed E-state index contributed by atoms with van der Waals surface area (Å²) in [5.41, 5.74) is 3.81. The van der Waals surface area contributed by atoms with Crippen molar-refractivity contribution in [2.45, 2.75) is 13.8 Å². The molecular formula is C10H14N2O. The Morgan fingerprint density at radius 2 is 2.38 bits per heavy atom. The third kappa shape index (κ3) is 1.87. The number of nitrogens with two attached hydrogens (primary N) is 1. The van der Waals surface area contributed by atoms with Gasteiger partial charge in [0.15, 0.2) is 0 Å². The molecule has 1 amide bonds. The molecule has 0 aliphatic heterocycles. The minimum Gasteiger partial charge on any atom is -0.290 e. The Morgan fingerprint density at radius 1 is 1.69 bits per heavy atom. The lowest BCUT2D eigenvalue weighted by molar-refractivity contribution is -0.117. The lowest BCUT2D eigenvalue weighted by Crippen LogP contribution is -2.32. The van der Waals surface area contributed by atoms with Crippen LogP contribution in [0.5, 0.6) is 0 Å². The summed E-state index contributed by atoms with van der Waals surface area (Å²) in [7, 11) is 0. The van der Waals surface area contributed by atoms with Crippen molar-refractivity contribution in [3.05, 3.63) is 35.5 Å². The summed E-state index contributed by atoms with van der Waals surface area (Å²) >= 11 is 0. The van der Waals surface area contributed by atoms with E-state index in [-0.39, 0.29) is 11.8 Å². The van der Waals surface area contributed by atoms with Crippen molar-refractivity contribution < 1.29 is 4.79 Å². The highest BCUT2D eigenvalue weighted by Gasteiger charge is 2.18. The van der Waals surface area contributed by atoms with Gasteiger partial charge in [-0.1, -0.05) is 25.2 Å². The quantitative estimate of drug-likeness (QED) is 0.358. The van der Waals surface area contributed by atoms with Gasteiger partial charge in [0.05, 0.1) is 0 Å². The molecule has 0 aromatic heterocycles. The Kier molecular flexibility index (Phi) is 3.03. The first-order chi connectivity index (χ1) is 6.20. The van der Waals surface area contributed by atoms with Crippen molar-refractivity contribution >= 4 is 5.91 Å². The Labute approximate surface area is 78.0 Å². The molecule has 1 unspecified atom stereocenters. The highest BCUT2D eigenvalue weighted by Crippen LogP contribution is 2.24. The topological polar surface area (TPSA) is 55.1 Å². The average molecular weight is 178 g/mol. The first-order valence-corrected chi connectivity index (χ1v) is 4.26. The third-order valence-electron chi connectivity index (χ3n) is 2.15. The first-order valence-electron chi connectivity index (χ1n) is 4.26. The number of amides is 1. The standard InChI is InChI=1S/C10H14N2O/c1-3-8-7(2)5-4-6-9(8)10(13)12-11/h3-7H,11H2,1-2H3,(H,12,13). The summed E-state index contributed by atoms with van der Waals surface area (Å²) in [5.74, 6) is 5.12. The van der Waals surface area contributed by atoms with Crippen LogP contribution < -0.4 is 11.3 Å². The van der Waals surface area contributed by atoms with E-state index in [0.29, 0.717) is 5.57 Å². The molecule has 0 heterocycles. The van der Waals surface area contributed by atoms with E-state index in [1.807, 2.05) is 32.1 Å². The summed E-state index contributed by atoms with van der Waals surface area (Å²) in [6.45, 7) is 3.96. The van der Waals surface area contributed by atoms with Gasteiger partial charge < -0.3 is 0 Å². The van der Waals surface area contributed by atoms with Gasteiger partial charge >= 0.3 is 0 Å². The van der Waals surface area contributed by atoms with Crippen LogP contribution in [0.25, 0.3) is 0 Å². The normalized spacial score (nSPS) is 24.4. The monoisotopic (exact) mass is 178 g/mol. The number of allylic oxidation sites excluding steroid dienone is 4. The predicted octanol–water partition coefficient (Wildman–Crippen LogP) is 1.05. The maximum Gasteiger partial charge on any atom is 0.265 e. The SMILES string of the molecule is CC=C1C(C(=O)NN)=CC=CC1C. The summed E-state index contributed by atoms with van der Waals surface area (Å²) in [6.07, 6.45) is 7.64. The van der Waals surface area contributed by atoms with Crippen molar-refractivity contribution in [3.63, 3.8) is 0 Å². The molecule has 3 heteroatoms. The second-order valence-electron chi connectivity index (χ2n) is 2.97. The van der Waals surface area contributed by atoms with Gasteiger partial charge in [0.1, 0.15) is 0 Å². The molecule has 1 aliphatic carbocycles. The first kappa shape index (κ1) is 9.74. The average Bonchev–Trinajstić information content (AvgIpc) is 2.16. The molecule has 0 fully saturated rings. The van der Waals surface area contributed by atoms with E-state index in [4.69, 9.17) is 5.84 Å². The highest BCUT2D eigenvalue weighted by atomic mass is 16.2. The molecule has 1 aliphatic rings. The zero-order valence-electron chi connectivity index (χ0n) is 7.87. The van der Waals surface area contributed by atoms with Gasteiger partial charge in [0.2, 0.25) is 0 Å². The molecule has 3 nitrogen and oxygen atoms in total. The van der Waals surface area contributed by atoms with Gasteiger partial charge in [-0.05, 0) is 24.5 Å². The van der Waals surface area contributed by atoms with E-state index in [1.165, 1.54) is 0 Å². The highest BCUT2D eigenvalue weighted by molar-refractivity contribution is 5.98. The van der Waals surface area contributed by atoms with Crippen LogP contribution in [-0.2, 0) is 4.79 Å². The minimum atomic E-state index is -0.232. The van der Waals surface area contributed by atoms with Crippen LogP contribution in [0.15, 0.2) is 35.5 Å². The molecule has 0 bridgehead atoms. The molecule has 70 valence electrons. The zero-order chi connectivity index (χ0) is 9.84. The predicted molar refractivity (Wildman–Crippen MR) is 52.5 cm³/mol. The summed E-state index contributed by atoms with van der Waals surface area (Å²) in [4.78, 5) is 11.3. The molecular weight excluding hydrogens is 164 g/mol. The Balaban J connectivity index is 3.00. The number of carbonyl (C=O) groups excluding carboxylic acids is 1. The van der Waals surface area contributed by atoms with Crippen LogP contribution in [0.3, 0.4) is 0 Å². The van der Waals surface area contributed by atoms with Gasteiger partial charge in [0, 0.05) is 5.57 Å². The Morgan fingerprint density at radius 3 is 2.92 bits per heavy atom. The fraction of sp³-hybridized carbons (Fsp3) is 0.300. The fourth-order valence-corrected chi connectivity index (χ4v) is 1.47. The number of hydrogen-bond acceptors (Lipinski definition) is 2. The van der Waals surface area contributed by atoms with Crippen LogP contribution in [0.2, 0.25) is 0 Å². The number of carbonyl (C=O) groups is 1. The number of rotatable bonds is 1. The van der Waals surface area contributed by atoms with Crippen LogP contribution in [0.1, 0.15) is 13.8 Å². The molecule has 0 radical (unpaired) electrons. The van der Waals surface area contributed by atoms with Crippen molar-refractivity contribution in [1.82, 2.24) is 5.43 Å². The van der Waals surface area contributed by atoms with E-state index in [0.717, 1.165) is 5.57 Å². The van der Waals surface area contributed by atoms with E-state index >= 15 is 0 Å². The molecule has 3 N–H and O–H groups in total. The van der Waals surface area contributed by atoms with E-state index in [2.05, 4.69) is 5.43 Å². The lowest BCUT2D eigenvalue weighted by Gasteiger charge is -2.17. The minimum absolute atomic E-state index is 0.232. The van der Waals surface area contributed by atoms with Gasteiger partial charge in [-0.2, -0.15) is 0 Å². The van der Waals surface area contributed by atoms with Gasteiger partial charge in [-0.25, -0.2) is 5.84 Å². The summed E-state index contributed by atoms with van der Waals surface area (Å²) < 4.78 is 0. The molecule has 0 spiro atoms. The van der Waals surface area contributed by atoms with Gasteiger partial charge in [0.25, 0.3) is 5.91 Å². The van der Waals surface area contributed by atoms with Crippen molar-refractivity contribution in [2.24, 2.45) is 11.8 Å². The van der Waals surface area contributed by atoms with Crippen LogP contribution in [0, 0.1) is 5.92 Å². The third-order valence-corrected chi connectivity index (χ3v) is 2.15. The van der Waals surface area contributed by atoms with E-state index in [1.54, 1.807) is 6.08 Å².